The molecule has 3 nitrogen and oxygen atoms in total. The zero-order valence-electron chi connectivity index (χ0n) is 11.7. The number of nitrogens with one attached hydrogen (secondary N) is 1. The van der Waals surface area contributed by atoms with Gasteiger partial charge in [-0.2, -0.15) is 0 Å². The summed E-state index contributed by atoms with van der Waals surface area (Å²) in [5, 5.41) is 5.26. The zero-order valence-corrected chi connectivity index (χ0v) is 12.5. The summed E-state index contributed by atoms with van der Waals surface area (Å²) in [7, 11) is 0. The first-order valence-electron chi connectivity index (χ1n) is 6.60. The molecule has 17 heavy (non-hydrogen) atoms. The Bertz CT molecular complexity index is 254. The van der Waals surface area contributed by atoms with Gasteiger partial charge < -0.3 is 10.1 Å². The molecule has 1 heterocycles. The lowest BCUT2D eigenvalue weighted by molar-refractivity contribution is 0.115. The number of hydrogen-bond acceptors (Lipinski definition) is 4. The standard InChI is InChI=1S/C13H26N2OS/c1-6-16-8-11(9(2)3)15-13-14-7-12(17-13)10(4)5/h9-12H,6-8H2,1-5H3,(H,14,15). The summed E-state index contributed by atoms with van der Waals surface area (Å²) < 4.78 is 5.51. The van der Waals surface area contributed by atoms with Gasteiger partial charge in [-0.1, -0.05) is 39.5 Å². The summed E-state index contributed by atoms with van der Waals surface area (Å²) in [5.74, 6) is 1.25. The van der Waals surface area contributed by atoms with Gasteiger partial charge in [0.05, 0.1) is 19.2 Å². The minimum atomic E-state index is 0.368. The van der Waals surface area contributed by atoms with Crippen LogP contribution in [0.15, 0.2) is 4.99 Å². The third kappa shape index (κ3) is 4.88. The van der Waals surface area contributed by atoms with Crippen molar-refractivity contribution in [2.24, 2.45) is 16.8 Å². The van der Waals surface area contributed by atoms with Gasteiger partial charge in [-0.05, 0) is 18.8 Å². The molecular formula is C13H26N2OS. The molecule has 0 bridgehead atoms. The highest BCUT2D eigenvalue weighted by Crippen LogP contribution is 2.26. The Hall–Kier alpha value is -0.220. The Labute approximate surface area is 110 Å². The molecule has 1 rings (SSSR count). The second-order valence-corrected chi connectivity index (χ2v) is 6.43. The van der Waals surface area contributed by atoms with Gasteiger partial charge in [0.2, 0.25) is 0 Å². The van der Waals surface area contributed by atoms with Crippen LogP contribution in [-0.4, -0.2) is 36.2 Å². The van der Waals surface area contributed by atoms with Crippen molar-refractivity contribution in [2.45, 2.75) is 45.9 Å². The smallest absolute Gasteiger partial charge is 0.157 e. The normalized spacial score (nSPS) is 22.1. The maximum atomic E-state index is 5.51. The van der Waals surface area contributed by atoms with Gasteiger partial charge in [0.25, 0.3) is 0 Å². The molecule has 100 valence electrons. The van der Waals surface area contributed by atoms with E-state index in [1.165, 1.54) is 0 Å². The quantitative estimate of drug-likeness (QED) is 0.795. The first kappa shape index (κ1) is 14.8. The molecule has 0 aromatic heterocycles. The Morgan fingerprint density at radius 2 is 2.12 bits per heavy atom. The van der Waals surface area contributed by atoms with Gasteiger partial charge in [-0.3, -0.25) is 4.99 Å². The van der Waals surface area contributed by atoms with Crippen LogP contribution in [-0.2, 0) is 4.74 Å². The van der Waals surface area contributed by atoms with Crippen LogP contribution in [0.25, 0.3) is 0 Å². The van der Waals surface area contributed by atoms with E-state index in [2.05, 4.69) is 38.0 Å². The molecule has 0 radical (unpaired) electrons. The molecule has 1 N–H and O–H groups in total. The first-order chi connectivity index (χ1) is 8.04. The number of amidine groups is 1. The SMILES string of the molecule is CCOCC(NC1=NCC(C(C)C)S1)C(C)C. The van der Waals surface area contributed by atoms with Crippen molar-refractivity contribution in [1.82, 2.24) is 5.32 Å². The Morgan fingerprint density at radius 3 is 2.59 bits per heavy atom. The van der Waals surface area contributed by atoms with Crippen molar-refractivity contribution in [3.05, 3.63) is 0 Å². The average Bonchev–Trinajstić information content (AvgIpc) is 2.72. The Morgan fingerprint density at radius 1 is 1.41 bits per heavy atom. The highest BCUT2D eigenvalue weighted by Gasteiger charge is 2.24. The van der Waals surface area contributed by atoms with Crippen LogP contribution >= 0.6 is 11.8 Å². The number of nitrogens with zero attached hydrogens (tertiary/aromatic N) is 1. The number of rotatable bonds is 6. The highest BCUT2D eigenvalue weighted by atomic mass is 32.2. The summed E-state index contributed by atoms with van der Waals surface area (Å²) in [6.07, 6.45) is 0. The van der Waals surface area contributed by atoms with Crippen LogP contribution in [0.5, 0.6) is 0 Å². The van der Waals surface area contributed by atoms with Crippen LogP contribution in [0.3, 0.4) is 0 Å². The van der Waals surface area contributed by atoms with Crippen molar-refractivity contribution in [3.8, 4) is 0 Å². The van der Waals surface area contributed by atoms with E-state index in [9.17, 15) is 0 Å². The minimum absolute atomic E-state index is 0.368. The Kier molecular flexibility index (Phi) is 6.34. The van der Waals surface area contributed by atoms with Crippen LogP contribution in [0.4, 0.5) is 0 Å². The summed E-state index contributed by atoms with van der Waals surface area (Å²) >= 11 is 1.88. The molecule has 4 heteroatoms. The highest BCUT2D eigenvalue weighted by molar-refractivity contribution is 8.14. The van der Waals surface area contributed by atoms with Crippen LogP contribution in [0.2, 0.25) is 0 Å². The molecule has 0 fully saturated rings. The zero-order chi connectivity index (χ0) is 12.8. The fourth-order valence-electron chi connectivity index (χ4n) is 1.62. The monoisotopic (exact) mass is 258 g/mol. The first-order valence-corrected chi connectivity index (χ1v) is 7.48. The Balaban J connectivity index is 2.41. The predicted octanol–water partition coefficient (Wildman–Crippen LogP) is 2.76. The lowest BCUT2D eigenvalue weighted by atomic mass is 10.1. The van der Waals surface area contributed by atoms with Gasteiger partial charge in [0, 0.05) is 11.9 Å². The van der Waals surface area contributed by atoms with Crippen molar-refractivity contribution in [2.75, 3.05) is 19.8 Å². The number of aliphatic imine (C=N–C) groups is 1. The van der Waals surface area contributed by atoms with Crippen LogP contribution < -0.4 is 5.32 Å². The lowest BCUT2D eigenvalue weighted by Gasteiger charge is -2.23. The fraction of sp³-hybridized carbons (Fsp3) is 0.923. The molecule has 1 aliphatic rings. The molecule has 0 amide bonds. The van der Waals surface area contributed by atoms with E-state index in [-0.39, 0.29) is 0 Å². The molecule has 1 aliphatic heterocycles. The molecule has 2 unspecified atom stereocenters. The summed E-state index contributed by atoms with van der Waals surface area (Å²) in [6.45, 7) is 13.5. The topological polar surface area (TPSA) is 33.6 Å². The molecule has 0 aromatic rings. The summed E-state index contributed by atoms with van der Waals surface area (Å²) in [5.41, 5.74) is 0. The molecule has 0 spiro atoms. The van der Waals surface area contributed by atoms with Crippen molar-refractivity contribution >= 4 is 16.9 Å². The maximum Gasteiger partial charge on any atom is 0.157 e. The number of ether oxygens (including phenoxy) is 1. The molecule has 0 saturated carbocycles. The maximum absolute atomic E-state index is 5.51. The number of hydrogen-bond donors (Lipinski definition) is 1. The molecule has 2 atom stereocenters. The minimum Gasteiger partial charge on any atom is -0.380 e. The molecular weight excluding hydrogens is 232 g/mol. The largest absolute Gasteiger partial charge is 0.380 e. The number of thioether (sulfide) groups is 1. The van der Waals surface area contributed by atoms with E-state index >= 15 is 0 Å². The van der Waals surface area contributed by atoms with Gasteiger partial charge in [0.1, 0.15) is 0 Å². The van der Waals surface area contributed by atoms with Crippen molar-refractivity contribution < 1.29 is 4.74 Å². The van der Waals surface area contributed by atoms with E-state index in [1.54, 1.807) is 0 Å². The van der Waals surface area contributed by atoms with E-state index < -0.39 is 0 Å². The van der Waals surface area contributed by atoms with Crippen LogP contribution in [0.1, 0.15) is 34.6 Å². The van der Waals surface area contributed by atoms with E-state index in [0.717, 1.165) is 24.9 Å². The van der Waals surface area contributed by atoms with Gasteiger partial charge >= 0.3 is 0 Å². The average molecular weight is 258 g/mol. The summed E-state index contributed by atoms with van der Waals surface area (Å²) in [4.78, 5) is 4.58. The third-order valence-corrected chi connectivity index (χ3v) is 4.50. The van der Waals surface area contributed by atoms with Crippen LogP contribution in [0, 0.1) is 11.8 Å². The third-order valence-electron chi connectivity index (χ3n) is 3.04. The van der Waals surface area contributed by atoms with E-state index in [4.69, 9.17) is 4.74 Å². The van der Waals surface area contributed by atoms with Gasteiger partial charge in [0.15, 0.2) is 5.17 Å². The van der Waals surface area contributed by atoms with E-state index in [0.29, 0.717) is 23.1 Å². The molecule has 0 aliphatic carbocycles. The second kappa shape index (κ2) is 7.27. The van der Waals surface area contributed by atoms with E-state index in [1.807, 2.05) is 18.7 Å². The van der Waals surface area contributed by atoms with Gasteiger partial charge in [-0.25, -0.2) is 0 Å². The lowest BCUT2D eigenvalue weighted by Crippen LogP contribution is -2.40. The van der Waals surface area contributed by atoms with Crippen molar-refractivity contribution in [1.29, 1.82) is 0 Å². The van der Waals surface area contributed by atoms with Crippen molar-refractivity contribution in [3.63, 3.8) is 0 Å². The predicted molar refractivity (Wildman–Crippen MR) is 76.8 cm³/mol. The fourth-order valence-corrected chi connectivity index (χ4v) is 2.70. The molecule has 0 aromatic carbocycles. The molecule has 0 saturated heterocycles. The second-order valence-electron chi connectivity index (χ2n) is 5.20. The summed E-state index contributed by atoms with van der Waals surface area (Å²) in [6, 6.07) is 0.368. The van der Waals surface area contributed by atoms with Gasteiger partial charge in [-0.15, -0.1) is 0 Å².